The maximum atomic E-state index is 11.7. The number of ether oxygens (including phenoxy) is 3. The van der Waals surface area contributed by atoms with Gasteiger partial charge in [-0.3, -0.25) is 9.59 Å². The fraction of sp³-hybridized carbons (Fsp3) is 0.455. The number of pyridine rings is 1. The van der Waals surface area contributed by atoms with E-state index in [0.29, 0.717) is 6.61 Å². The normalized spacial score (nSPS) is 10.0. The minimum atomic E-state index is -0.489. The van der Waals surface area contributed by atoms with Crippen LogP contribution in [-0.4, -0.2) is 38.0 Å². The van der Waals surface area contributed by atoms with Gasteiger partial charge in [0.15, 0.2) is 5.75 Å². The Hall–Kier alpha value is -1.82. The number of nitrogens with zero attached hydrogens (tertiary/aromatic N) is 1. The zero-order valence-corrected chi connectivity index (χ0v) is 9.84. The highest BCUT2D eigenvalue weighted by molar-refractivity contribution is 5.69. The predicted molar refractivity (Wildman–Crippen MR) is 60.1 cm³/mol. The maximum absolute atomic E-state index is 11.7. The summed E-state index contributed by atoms with van der Waals surface area (Å²) in [7, 11) is 2.92. The summed E-state index contributed by atoms with van der Waals surface area (Å²) in [6, 6.07) is 3.16. The van der Waals surface area contributed by atoms with Gasteiger partial charge < -0.3 is 18.8 Å². The molecule has 94 valence electrons. The van der Waals surface area contributed by atoms with Crippen molar-refractivity contribution in [2.45, 2.75) is 6.54 Å². The van der Waals surface area contributed by atoms with Gasteiger partial charge in [-0.25, -0.2) is 0 Å². The first-order valence-corrected chi connectivity index (χ1v) is 5.07. The van der Waals surface area contributed by atoms with Crippen molar-refractivity contribution in [3.05, 3.63) is 28.7 Å². The van der Waals surface area contributed by atoms with E-state index >= 15 is 0 Å². The van der Waals surface area contributed by atoms with Crippen molar-refractivity contribution in [1.29, 1.82) is 0 Å². The van der Waals surface area contributed by atoms with Gasteiger partial charge in [-0.1, -0.05) is 0 Å². The third-order valence-corrected chi connectivity index (χ3v) is 2.06. The van der Waals surface area contributed by atoms with Crippen molar-refractivity contribution < 1.29 is 19.0 Å². The molecule has 1 heterocycles. The van der Waals surface area contributed by atoms with Crippen LogP contribution in [0, 0.1) is 0 Å². The van der Waals surface area contributed by atoms with Crippen molar-refractivity contribution >= 4 is 5.97 Å². The molecule has 1 aromatic heterocycles. The molecular formula is C11H15NO5. The van der Waals surface area contributed by atoms with Gasteiger partial charge in [-0.15, -0.1) is 0 Å². The lowest BCUT2D eigenvalue weighted by Gasteiger charge is -2.07. The molecule has 0 aliphatic heterocycles. The van der Waals surface area contributed by atoms with E-state index in [9.17, 15) is 9.59 Å². The lowest BCUT2D eigenvalue weighted by atomic mass is 10.4. The van der Waals surface area contributed by atoms with E-state index in [0.717, 1.165) is 0 Å². The van der Waals surface area contributed by atoms with Gasteiger partial charge in [0.05, 0.1) is 13.7 Å². The van der Waals surface area contributed by atoms with Crippen LogP contribution in [0.3, 0.4) is 0 Å². The second-order valence-electron chi connectivity index (χ2n) is 3.22. The summed E-state index contributed by atoms with van der Waals surface area (Å²) in [5, 5.41) is 0. The molecule has 0 radical (unpaired) electrons. The van der Waals surface area contributed by atoms with Crippen LogP contribution < -0.4 is 10.3 Å². The van der Waals surface area contributed by atoms with E-state index in [-0.39, 0.29) is 24.5 Å². The Morgan fingerprint density at radius 1 is 1.35 bits per heavy atom. The number of esters is 1. The van der Waals surface area contributed by atoms with Gasteiger partial charge >= 0.3 is 5.97 Å². The molecule has 0 unspecified atom stereocenters. The standard InChI is InChI=1S/C11H15NO5/c1-15-6-7-17-10(13)8-12-5-3-4-9(16-2)11(12)14/h3-5H,6-8H2,1-2H3. The molecule has 0 fully saturated rings. The fourth-order valence-corrected chi connectivity index (χ4v) is 1.22. The first-order valence-electron chi connectivity index (χ1n) is 5.07. The van der Waals surface area contributed by atoms with Crippen LogP contribution in [0.5, 0.6) is 5.75 Å². The summed E-state index contributed by atoms with van der Waals surface area (Å²) < 4.78 is 15.7. The topological polar surface area (TPSA) is 66.8 Å². The first kappa shape index (κ1) is 13.2. The van der Waals surface area contributed by atoms with Crippen LogP contribution in [0.1, 0.15) is 0 Å². The largest absolute Gasteiger partial charge is 0.491 e. The Morgan fingerprint density at radius 3 is 2.76 bits per heavy atom. The van der Waals surface area contributed by atoms with Crippen molar-refractivity contribution in [2.75, 3.05) is 27.4 Å². The van der Waals surface area contributed by atoms with Crippen molar-refractivity contribution in [1.82, 2.24) is 4.57 Å². The molecule has 0 N–H and O–H groups in total. The molecule has 0 saturated heterocycles. The van der Waals surface area contributed by atoms with Gasteiger partial charge in [0, 0.05) is 13.3 Å². The van der Waals surface area contributed by atoms with Crippen LogP contribution >= 0.6 is 0 Å². The molecule has 6 heteroatoms. The van der Waals surface area contributed by atoms with Crippen LogP contribution in [-0.2, 0) is 20.8 Å². The Kier molecular flexibility index (Phi) is 5.22. The lowest BCUT2D eigenvalue weighted by Crippen LogP contribution is -2.26. The molecule has 1 rings (SSSR count). The van der Waals surface area contributed by atoms with E-state index in [1.165, 1.54) is 31.0 Å². The Labute approximate surface area is 98.7 Å². The summed E-state index contributed by atoms with van der Waals surface area (Å²) in [6.07, 6.45) is 1.50. The van der Waals surface area contributed by atoms with Crippen molar-refractivity contribution in [3.63, 3.8) is 0 Å². The number of hydrogen-bond donors (Lipinski definition) is 0. The smallest absolute Gasteiger partial charge is 0.326 e. The Bertz CT molecular complexity index is 426. The zero-order valence-electron chi connectivity index (χ0n) is 9.84. The quantitative estimate of drug-likeness (QED) is 0.520. The Morgan fingerprint density at radius 2 is 2.12 bits per heavy atom. The van der Waals surface area contributed by atoms with E-state index in [4.69, 9.17) is 14.2 Å². The van der Waals surface area contributed by atoms with E-state index in [1.807, 2.05) is 0 Å². The van der Waals surface area contributed by atoms with Crippen LogP contribution in [0.25, 0.3) is 0 Å². The molecule has 6 nitrogen and oxygen atoms in total. The van der Waals surface area contributed by atoms with Crippen molar-refractivity contribution in [3.8, 4) is 5.75 Å². The minimum absolute atomic E-state index is 0.139. The number of methoxy groups -OCH3 is 2. The predicted octanol–water partition coefficient (Wildman–Crippen LogP) is 0.0465. The lowest BCUT2D eigenvalue weighted by molar-refractivity contribution is -0.145. The van der Waals surface area contributed by atoms with Gasteiger partial charge in [0.25, 0.3) is 5.56 Å². The molecular weight excluding hydrogens is 226 g/mol. The molecule has 0 atom stereocenters. The van der Waals surface area contributed by atoms with Gasteiger partial charge in [-0.05, 0) is 12.1 Å². The highest BCUT2D eigenvalue weighted by Gasteiger charge is 2.08. The van der Waals surface area contributed by atoms with Crippen LogP contribution in [0.15, 0.2) is 23.1 Å². The molecule has 0 saturated carbocycles. The third kappa shape index (κ3) is 3.92. The van der Waals surface area contributed by atoms with Gasteiger partial charge in [-0.2, -0.15) is 0 Å². The zero-order chi connectivity index (χ0) is 12.7. The van der Waals surface area contributed by atoms with Crippen molar-refractivity contribution in [2.24, 2.45) is 0 Å². The second-order valence-corrected chi connectivity index (χ2v) is 3.22. The molecule has 0 spiro atoms. The summed E-state index contributed by atoms with van der Waals surface area (Å²) in [5.74, 6) is -0.297. The number of rotatable bonds is 6. The third-order valence-electron chi connectivity index (χ3n) is 2.06. The van der Waals surface area contributed by atoms with Gasteiger partial charge in [0.1, 0.15) is 13.2 Å². The van der Waals surface area contributed by atoms with E-state index < -0.39 is 5.97 Å². The minimum Gasteiger partial charge on any atom is -0.491 e. The summed E-state index contributed by atoms with van der Waals surface area (Å²) in [6.45, 7) is 0.368. The molecule has 0 aliphatic carbocycles. The molecule has 0 bridgehead atoms. The maximum Gasteiger partial charge on any atom is 0.326 e. The average molecular weight is 241 g/mol. The molecule has 0 aliphatic rings. The number of carbonyl (C=O) groups excluding carboxylic acids is 1. The molecule has 0 amide bonds. The van der Waals surface area contributed by atoms with E-state index in [1.54, 1.807) is 6.07 Å². The number of carbonyl (C=O) groups is 1. The highest BCUT2D eigenvalue weighted by atomic mass is 16.6. The van der Waals surface area contributed by atoms with Gasteiger partial charge in [0.2, 0.25) is 0 Å². The second kappa shape index (κ2) is 6.70. The Balaban J connectivity index is 2.62. The molecule has 0 aromatic carbocycles. The highest BCUT2D eigenvalue weighted by Crippen LogP contribution is 2.00. The van der Waals surface area contributed by atoms with Crippen LogP contribution in [0.4, 0.5) is 0 Å². The fourth-order valence-electron chi connectivity index (χ4n) is 1.22. The monoisotopic (exact) mass is 241 g/mol. The van der Waals surface area contributed by atoms with Crippen LogP contribution in [0.2, 0.25) is 0 Å². The number of aromatic nitrogens is 1. The SMILES string of the molecule is COCCOC(=O)Cn1cccc(OC)c1=O. The molecule has 1 aromatic rings. The molecule has 17 heavy (non-hydrogen) atoms. The number of hydrogen-bond acceptors (Lipinski definition) is 5. The van der Waals surface area contributed by atoms with E-state index in [2.05, 4.69) is 0 Å². The summed E-state index contributed by atoms with van der Waals surface area (Å²) >= 11 is 0. The average Bonchev–Trinajstić information content (AvgIpc) is 2.32. The summed E-state index contributed by atoms with van der Waals surface area (Å²) in [5.41, 5.74) is -0.362. The first-order chi connectivity index (χ1) is 8.19. The summed E-state index contributed by atoms with van der Waals surface area (Å²) in [4.78, 5) is 23.0.